The average Bonchev–Trinajstić information content (AvgIpc) is 2.86. The Bertz CT molecular complexity index is 558. The van der Waals surface area contributed by atoms with Gasteiger partial charge in [-0.05, 0) is 43.4 Å². The van der Waals surface area contributed by atoms with Gasteiger partial charge in [0, 0.05) is 12.6 Å². The van der Waals surface area contributed by atoms with Gasteiger partial charge in [0.05, 0.1) is 6.54 Å². The minimum Gasteiger partial charge on any atom is -0.317 e. The zero-order valence-corrected chi connectivity index (χ0v) is 11.6. The molecule has 1 aromatic heterocycles. The monoisotopic (exact) mass is 274 g/mol. The van der Waals surface area contributed by atoms with E-state index in [1.54, 1.807) is 18.5 Å². The third-order valence-electron chi connectivity index (χ3n) is 4.06. The molecule has 0 bridgehead atoms. The predicted molar refractivity (Wildman–Crippen MR) is 74.7 cm³/mol. The summed E-state index contributed by atoms with van der Waals surface area (Å²) < 4.78 is 14.9. The first-order chi connectivity index (χ1) is 9.76. The van der Waals surface area contributed by atoms with Crippen molar-refractivity contribution in [2.45, 2.75) is 44.8 Å². The van der Waals surface area contributed by atoms with Crippen molar-refractivity contribution in [1.82, 2.24) is 20.1 Å². The average molecular weight is 274 g/mol. The number of hydrogen-bond acceptors (Lipinski definition) is 3. The molecule has 0 saturated heterocycles. The second-order valence-corrected chi connectivity index (χ2v) is 5.33. The lowest BCUT2D eigenvalue weighted by Crippen LogP contribution is -2.40. The minimum atomic E-state index is -0.165. The molecule has 1 heterocycles. The van der Waals surface area contributed by atoms with Gasteiger partial charge in [-0.15, -0.1) is 10.2 Å². The molecule has 0 unspecified atom stereocenters. The SMILES string of the molecule is CCn1cnnc1CNC1CC(c2ccc(F)cc2)C1. The van der Waals surface area contributed by atoms with Crippen LogP contribution in [0.3, 0.4) is 0 Å². The molecular weight excluding hydrogens is 255 g/mol. The molecule has 0 amide bonds. The summed E-state index contributed by atoms with van der Waals surface area (Å²) in [6.45, 7) is 3.74. The fourth-order valence-corrected chi connectivity index (χ4v) is 2.71. The number of rotatable bonds is 5. The van der Waals surface area contributed by atoms with Gasteiger partial charge in [0.1, 0.15) is 18.0 Å². The molecule has 0 radical (unpaired) electrons. The van der Waals surface area contributed by atoms with Crippen molar-refractivity contribution in [3.8, 4) is 0 Å². The smallest absolute Gasteiger partial charge is 0.146 e. The number of benzene rings is 1. The summed E-state index contributed by atoms with van der Waals surface area (Å²) in [5, 5.41) is 11.5. The largest absolute Gasteiger partial charge is 0.317 e. The van der Waals surface area contributed by atoms with Gasteiger partial charge in [-0.2, -0.15) is 0 Å². The Morgan fingerprint density at radius 3 is 2.75 bits per heavy atom. The fraction of sp³-hybridized carbons (Fsp3) is 0.467. The summed E-state index contributed by atoms with van der Waals surface area (Å²) in [7, 11) is 0. The number of halogens is 1. The van der Waals surface area contributed by atoms with E-state index in [2.05, 4.69) is 22.4 Å². The van der Waals surface area contributed by atoms with Crippen LogP contribution < -0.4 is 5.32 Å². The molecule has 0 atom stereocenters. The van der Waals surface area contributed by atoms with Gasteiger partial charge in [0.25, 0.3) is 0 Å². The highest BCUT2D eigenvalue weighted by Gasteiger charge is 2.29. The number of aromatic nitrogens is 3. The maximum atomic E-state index is 12.9. The van der Waals surface area contributed by atoms with Gasteiger partial charge in [-0.3, -0.25) is 0 Å². The first-order valence-electron chi connectivity index (χ1n) is 7.11. The lowest BCUT2D eigenvalue weighted by atomic mass is 9.76. The maximum Gasteiger partial charge on any atom is 0.146 e. The van der Waals surface area contributed by atoms with Crippen LogP contribution in [0.15, 0.2) is 30.6 Å². The number of aryl methyl sites for hydroxylation is 1. The maximum absolute atomic E-state index is 12.9. The van der Waals surface area contributed by atoms with Gasteiger partial charge in [-0.1, -0.05) is 12.1 Å². The number of nitrogens with zero attached hydrogens (tertiary/aromatic N) is 3. The fourth-order valence-electron chi connectivity index (χ4n) is 2.71. The second-order valence-electron chi connectivity index (χ2n) is 5.33. The van der Waals surface area contributed by atoms with Crippen molar-refractivity contribution in [3.05, 3.63) is 47.8 Å². The van der Waals surface area contributed by atoms with E-state index in [0.29, 0.717) is 12.0 Å². The molecule has 4 nitrogen and oxygen atoms in total. The van der Waals surface area contributed by atoms with E-state index in [-0.39, 0.29) is 5.82 Å². The number of hydrogen-bond donors (Lipinski definition) is 1. The normalized spacial score (nSPS) is 21.7. The van der Waals surface area contributed by atoms with Crippen LogP contribution >= 0.6 is 0 Å². The predicted octanol–water partition coefficient (Wildman–Crippen LogP) is 2.47. The van der Waals surface area contributed by atoms with E-state index >= 15 is 0 Å². The molecule has 3 rings (SSSR count). The Morgan fingerprint density at radius 1 is 1.30 bits per heavy atom. The third-order valence-corrected chi connectivity index (χ3v) is 4.06. The number of nitrogens with one attached hydrogen (secondary N) is 1. The molecule has 1 N–H and O–H groups in total. The van der Waals surface area contributed by atoms with Crippen LogP contribution in [0.25, 0.3) is 0 Å². The highest BCUT2D eigenvalue weighted by atomic mass is 19.1. The van der Waals surface area contributed by atoms with E-state index in [1.807, 2.05) is 16.7 Å². The van der Waals surface area contributed by atoms with Crippen LogP contribution in [0.1, 0.15) is 37.1 Å². The Labute approximate surface area is 118 Å². The lowest BCUT2D eigenvalue weighted by Gasteiger charge is -2.36. The molecule has 5 heteroatoms. The van der Waals surface area contributed by atoms with Crippen molar-refractivity contribution in [1.29, 1.82) is 0 Å². The Balaban J connectivity index is 1.48. The van der Waals surface area contributed by atoms with Crippen LogP contribution in [-0.4, -0.2) is 20.8 Å². The van der Waals surface area contributed by atoms with Gasteiger partial charge in [0.2, 0.25) is 0 Å². The van der Waals surface area contributed by atoms with E-state index < -0.39 is 0 Å². The molecule has 2 aromatic rings. The van der Waals surface area contributed by atoms with Crippen LogP contribution in [-0.2, 0) is 13.1 Å². The highest BCUT2D eigenvalue weighted by molar-refractivity contribution is 5.23. The van der Waals surface area contributed by atoms with E-state index in [1.165, 1.54) is 5.56 Å². The summed E-state index contributed by atoms with van der Waals surface area (Å²) in [5.41, 5.74) is 1.24. The van der Waals surface area contributed by atoms with Gasteiger partial charge in [-0.25, -0.2) is 4.39 Å². The van der Waals surface area contributed by atoms with E-state index in [0.717, 1.165) is 31.8 Å². The Morgan fingerprint density at radius 2 is 2.05 bits per heavy atom. The molecule has 1 aromatic carbocycles. The summed E-state index contributed by atoms with van der Waals surface area (Å²) in [6, 6.07) is 7.39. The molecular formula is C15H19FN4. The molecule has 1 fully saturated rings. The highest BCUT2D eigenvalue weighted by Crippen LogP contribution is 2.36. The van der Waals surface area contributed by atoms with Crippen molar-refractivity contribution >= 4 is 0 Å². The quantitative estimate of drug-likeness (QED) is 0.911. The molecule has 1 aliphatic carbocycles. The van der Waals surface area contributed by atoms with E-state index in [9.17, 15) is 4.39 Å². The summed E-state index contributed by atoms with van der Waals surface area (Å²) in [4.78, 5) is 0. The molecule has 106 valence electrons. The Hall–Kier alpha value is -1.75. The molecule has 1 aliphatic rings. The van der Waals surface area contributed by atoms with Crippen molar-refractivity contribution in [2.24, 2.45) is 0 Å². The van der Waals surface area contributed by atoms with Crippen molar-refractivity contribution in [3.63, 3.8) is 0 Å². The standard InChI is InChI=1S/C15H19FN4/c1-2-20-10-18-19-15(20)9-17-14-7-12(8-14)11-3-5-13(16)6-4-11/h3-6,10,12,14,17H,2,7-9H2,1H3. The molecule has 0 spiro atoms. The summed E-state index contributed by atoms with van der Waals surface area (Å²) in [5.74, 6) is 1.37. The van der Waals surface area contributed by atoms with Crippen molar-refractivity contribution < 1.29 is 4.39 Å². The lowest BCUT2D eigenvalue weighted by molar-refractivity contribution is 0.286. The first-order valence-corrected chi connectivity index (χ1v) is 7.11. The third kappa shape index (κ3) is 2.72. The van der Waals surface area contributed by atoms with Crippen LogP contribution in [0.2, 0.25) is 0 Å². The minimum absolute atomic E-state index is 0.165. The van der Waals surface area contributed by atoms with Crippen LogP contribution in [0, 0.1) is 5.82 Å². The van der Waals surface area contributed by atoms with Gasteiger partial charge >= 0.3 is 0 Å². The zero-order valence-electron chi connectivity index (χ0n) is 11.6. The van der Waals surface area contributed by atoms with E-state index in [4.69, 9.17) is 0 Å². The van der Waals surface area contributed by atoms with Crippen LogP contribution in [0.4, 0.5) is 4.39 Å². The van der Waals surface area contributed by atoms with Crippen LogP contribution in [0.5, 0.6) is 0 Å². The Kier molecular flexibility index (Phi) is 3.78. The summed E-state index contributed by atoms with van der Waals surface area (Å²) in [6.07, 6.45) is 3.97. The molecule has 0 aliphatic heterocycles. The topological polar surface area (TPSA) is 42.7 Å². The zero-order chi connectivity index (χ0) is 13.9. The second kappa shape index (κ2) is 5.71. The molecule has 1 saturated carbocycles. The first kappa shape index (κ1) is 13.2. The summed E-state index contributed by atoms with van der Waals surface area (Å²) >= 11 is 0. The van der Waals surface area contributed by atoms with Gasteiger partial charge < -0.3 is 9.88 Å². The molecule has 20 heavy (non-hydrogen) atoms. The van der Waals surface area contributed by atoms with Crippen molar-refractivity contribution in [2.75, 3.05) is 0 Å². The van der Waals surface area contributed by atoms with Gasteiger partial charge in [0.15, 0.2) is 0 Å².